The number of hydrogen-bond donors (Lipinski definition) is 0. The van der Waals surface area contributed by atoms with Crippen LogP contribution >= 0.6 is 0 Å². The Balaban J connectivity index is 2.17. The third-order valence-electron chi connectivity index (χ3n) is 3.26. The van der Waals surface area contributed by atoms with Gasteiger partial charge in [-0.25, -0.2) is 0 Å². The molecule has 1 saturated heterocycles. The second-order valence-corrected chi connectivity index (χ2v) is 4.71. The maximum Gasteiger partial charge on any atom is 0.309 e. The van der Waals surface area contributed by atoms with Crippen LogP contribution in [0, 0.1) is 5.92 Å². The lowest BCUT2D eigenvalue weighted by Crippen LogP contribution is -2.07. The largest absolute Gasteiger partial charge is 0.462 e. The number of cyclic esters (lactones) is 1. The highest BCUT2D eigenvalue weighted by Gasteiger charge is 2.32. The van der Waals surface area contributed by atoms with Crippen LogP contribution in [-0.4, -0.2) is 12.1 Å². The number of carbonyl (C=O) groups is 1. The first-order chi connectivity index (χ1) is 7.77. The molecule has 0 amide bonds. The number of esters is 1. The average molecular weight is 224 g/mol. The molecule has 0 N–H and O–H groups in total. The molecule has 92 valence electrons. The Morgan fingerprint density at radius 1 is 1.38 bits per heavy atom. The van der Waals surface area contributed by atoms with E-state index in [1.54, 1.807) is 0 Å². The molecule has 1 heterocycles. The summed E-state index contributed by atoms with van der Waals surface area (Å²) in [6, 6.07) is 0. The SMILES string of the molecule is C=CCCC1CC(CCCCCC)C(=O)O1. The zero-order valence-corrected chi connectivity index (χ0v) is 10.4. The minimum atomic E-state index is 0.0329. The van der Waals surface area contributed by atoms with Crippen LogP contribution in [0.5, 0.6) is 0 Å². The molecule has 1 aliphatic rings. The van der Waals surface area contributed by atoms with Crippen molar-refractivity contribution in [3.8, 4) is 0 Å². The quantitative estimate of drug-likeness (QED) is 0.355. The fourth-order valence-corrected chi connectivity index (χ4v) is 2.26. The molecular weight excluding hydrogens is 200 g/mol. The lowest BCUT2D eigenvalue weighted by atomic mass is 9.96. The Morgan fingerprint density at radius 2 is 2.19 bits per heavy atom. The van der Waals surface area contributed by atoms with Crippen LogP contribution in [0.15, 0.2) is 12.7 Å². The number of rotatable bonds is 8. The molecule has 0 aromatic rings. The molecule has 2 nitrogen and oxygen atoms in total. The number of hydrogen-bond acceptors (Lipinski definition) is 2. The van der Waals surface area contributed by atoms with Gasteiger partial charge in [-0.15, -0.1) is 6.58 Å². The van der Waals surface area contributed by atoms with Gasteiger partial charge in [-0.3, -0.25) is 4.79 Å². The average Bonchev–Trinajstić information content (AvgIpc) is 2.63. The van der Waals surface area contributed by atoms with E-state index >= 15 is 0 Å². The topological polar surface area (TPSA) is 26.3 Å². The van der Waals surface area contributed by atoms with E-state index in [-0.39, 0.29) is 18.0 Å². The zero-order valence-electron chi connectivity index (χ0n) is 10.4. The Morgan fingerprint density at radius 3 is 2.88 bits per heavy atom. The van der Waals surface area contributed by atoms with Crippen LogP contribution in [0.4, 0.5) is 0 Å². The van der Waals surface area contributed by atoms with E-state index in [1.807, 2.05) is 6.08 Å². The number of ether oxygens (including phenoxy) is 1. The minimum Gasteiger partial charge on any atom is -0.462 e. The minimum absolute atomic E-state index is 0.0329. The summed E-state index contributed by atoms with van der Waals surface area (Å²) >= 11 is 0. The van der Waals surface area contributed by atoms with Crippen LogP contribution in [0.3, 0.4) is 0 Å². The van der Waals surface area contributed by atoms with Crippen molar-refractivity contribution in [2.45, 2.75) is 64.4 Å². The van der Waals surface area contributed by atoms with Crippen molar-refractivity contribution in [2.24, 2.45) is 5.92 Å². The lowest BCUT2D eigenvalue weighted by Gasteiger charge is -2.05. The summed E-state index contributed by atoms with van der Waals surface area (Å²) in [7, 11) is 0. The van der Waals surface area contributed by atoms with Gasteiger partial charge in [0.05, 0.1) is 5.92 Å². The Hall–Kier alpha value is -0.790. The molecule has 1 fully saturated rings. The van der Waals surface area contributed by atoms with Crippen LogP contribution in [0.25, 0.3) is 0 Å². The number of allylic oxidation sites excluding steroid dienone is 1. The smallest absolute Gasteiger partial charge is 0.309 e. The molecule has 0 saturated carbocycles. The van der Waals surface area contributed by atoms with Gasteiger partial charge in [-0.2, -0.15) is 0 Å². The molecular formula is C14H24O2. The second-order valence-electron chi connectivity index (χ2n) is 4.71. The van der Waals surface area contributed by atoms with Crippen molar-refractivity contribution >= 4 is 5.97 Å². The second kappa shape index (κ2) is 7.48. The highest BCUT2D eigenvalue weighted by molar-refractivity contribution is 5.74. The van der Waals surface area contributed by atoms with Gasteiger partial charge in [-0.05, 0) is 25.7 Å². The third kappa shape index (κ3) is 4.38. The summed E-state index contributed by atoms with van der Waals surface area (Å²) in [5.41, 5.74) is 0. The van der Waals surface area contributed by atoms with Gasteiger partial charge in [0.15, 0.2) is 0 Å². The molecule has 2 heteroatoms. The molecule has 0 aliphatic carbocycles. The fourth-order valence-electron chi connectivity index (χ4n) is 2.26. The van der Waals surface area contributed by atoms with Gasteiger partial charge < -0.3 is 4.74 Å². The maximum atomic E-state index is 11.6. The van der Waals surface area contributed by atoms with Crippen molar-refractivity contribution in [3.63, 3.8) is 0 Å². The zero-order chi connectivity index (χ0) is 11.8. The highest BCUT2D eigenvalue weighted by atomic mass is 16.5. The van der Waals surface area contributed by atoms with Crippen molar-refractivity contribution in [3.05, 3.63) is 12.7 Å². The van der Waals surface area contributed by atoms with Crippen molar-refractivity contribution in [1.29, 1.82) is 0 Å². The Bertz CT molecular complexity index is 223. The first-order valence-electron chi connectivity index (χ1n) is 6.59. The molecule has 1 rings (SSSR count). The number of unbranched alkanes of at least 4 members (excludes halogenated alkanes) is 3. The third-order valence-corrected chi connectivity index (χ3v) is 3.26. The van der Waals surface area contributed by atoms with Gasteiger partial charge >= 0.3 is 5.97 Å². The first-order valence-corrected chi connectivity index (χ1v) is 6.59. The molecule has 2 atom stereocenters. The van der Waals surface area contributed by atoms with E-state index < -0.39 is 0 Å². The highest BCUT2D eigenvalue weighted by Crippen LogP contribution is 2.28. The summed E-state index contributed by atoms with van der Waals surface area (Å²) in [5, 5.41) is 0. The summed E-state index contributed by atoms with van der Waals surface area (Å²) in [6.45, 7) is 5.89. The van der Waals surface area contributed by atoms with Gasteiger partial charge in [0.1, 0.15) is 6.10 Å². The lowest BCUT2D eigenvalue weighted by molar-refractivity contribution is -0.144. The van der Waals surface area contributed by atoms with E-state index in [2.05, 4.69) is 13.5 Å². The number of carbonyl (C=O) groups excluding carboxylic acids is 1. The molecule has 0 spiro atoms. The molecule has 16 heavy (non-hydrogen) atoms. The summed E-state index contributed by atoms with van der Waals surface area (Å²) in [5.74, 6) is 0.206. The van der Waals surface area contributed by atoms with Gasteiger partial charge in [0.25, 0.3) is 0 Å². The van der Waals surface area contributed by atoms with E-state index in [4.69, 9.17) is 4.74 Å². The van der Waals surface area contributed by atoms with Crippen molar-refractivity contribution in [1.82, 2.24) is 0 Å². The van der Waals surface area contributed by atoms with Crippen LogP contribution in [-0.2, 0) is 9.53 Å². The van der Waals surface area contributed by atoms with Gasteiger partial charge in [0, 0.05) is 0 Å². The molecule has 0 aromatic heterocycles. The molecule has 0 bridgehead atoms. The van der Waals surface area contributed by atoms with E-state index in [0.717, 1.165) is 25.7 Å². The maximum absolute atomic E-state index is 11.6. The van der Waals surface area contributed by atoms with E-state index in [9.17, 15) is 4.79 Å². The van der Waals surface area contributed by atoms with Crippen molar-refractivity contribution in [2.75, 3.05) is 0 Å². The van der Waals surface area contributed by atoms with E-state index in [0.29, 0.717) is 0 Å². The normalized spacial score (nSPS) is 24.4. The predicted molar refractivity (Wildman–Crippen MR) is 66.2 cm³/mol. The molecule has 1 aliphatic heterocycles. The monoisotopic (exact) mass is 224 g/mol. The van der Waals surface area contributed by atoms with E-state index in [1.165, 1.54) is 25.7 Å². The van der Waals surface area contributed by atoms with Crippen molar-refractivity contribution < 1.29 is 9.53 Å². The summed E-state index contributed by atoms with van der Waals surface area (Å²) < 4.78 is 5.35. The Labute approximate surface area is 99.1 Å². The summed E-state index contributed by atoms with van der Waals surface area (Å²) in [4.78, 5) is 11.6. The van der Waals surface area contributed by atoms with Gasteiger partial charge in [0.2, 0.25) is 0 Å². The fraction of sp³-hybridized carbons (Fsp3) is 0.786. The van der Waals surface area contributed by atoms with Crippen LogP contribution in [0.2, 0.25) is 0 Å². The molecule has 2 unspecified atom stereocenters. The molecule has 0 radical (unpaired) electrons. The van der Waals surface area contributed by atoms with Crippen LogP contribution in [0.1, 0.15) is 58.3 Å². The predicted octanol–water partition coefficient (Wildman–Crippen LogP) is 3.85. The molecule has 0 aromatic carbocycles. The Kier molecular flexibility index (Phi) is 6.20. The standard InChI is InChI=1S/C14H24O2/c1-3-5-7-8-9-12-11-13(10-6-4-2)16-14(12)15/h4,12-13H,2-3,5-11H2,1H3. The van der Waals surface area contributed by atoms with Crippen LogP contribution < -0.4 is 0 Å². The van der Waals surface area contributed by atoms with Gasteiger partial charge in [-0.1, -0.05) is 38.7 Å². The first kappa shape index (κ1) is 13.3. The summed E-state index contributed by atoms with van der Waals surface area (Å²) in [6.07, 6.45) is 10.8.